The van der Waals surface area contributed by atoms with E-state index in [1.807, 2.05) is 67.6 Å². The largest absolute Gasteiger partial charge is 0.348 e. The number of hydrogen-bond acceptors (Lipinski definition) is 2. The minimum Gasteiger partial charge on any atom is -0.348 e. The second-order valence-corrected chi connectivity index (χ2v) is 5.39. The van der Waals surface area contributed by atoms with Crippen LogP contribution in [0.5, 0.6) is 0 Å². The van der Waals surface area contributed by atoms with Crippen molar-refractivity contribution in [1.29, 1.82) is 0 Å². The van der Waals surface area contributed by atoms with Gasteiger partial charge in [-0.3, -0.25) is 9.59 Å². The number of carbonyl (C=O) groups excluding carboxylic acids is 2. The molecule has 0 bridgehead atoms. The number of hydrogen-bond donors (Lipinski definition) is 1. The molecular formula is C19H22N2O2. The van der Waals surface area contributed by atoms with Crippen LogP contribution in [-0.2, 0) is 22.7 Å². The normalized spacial score (nSPS) is 10.1. The van der Waals surface area contributed by atoms with E-state index in [9.17, 15) is 9.59 Å². The first-order valence-corrected chi connectivity index (χ1v) is 7.85. The molecule has 0 atom stereocenters. The summed E-state index contributed by atoms with van der Waals surface area (Å²) < 4.78 is 0. The lowest BCUT2D eigenvalue weighted by molar-refractivity contribution is -0.146. The van der Waals surface area contributed by atoms with Crippen LogP contribution >= 0.6 is 0 Å². The van der Waals surface area contributed by atoms with E-state index in [1.165, 1.54) is 0 Å². The predicted octanol–water partition coefficient (Wildman–Crippen LogP) is 2.74. The van der Waals surface area contributed by atoms with Crippen molar-refractivity contribution in [2.24, 2.45) is 0 Å². The predicted molar refractivity (Wildman–Crippen MR) is 90.4 cm³/mol. The maximum Gasteiger partial charge on any atom is 0.312 e. The summed E-state index contributed by atoms with van der Waals surface area (Å²) in [6.07, 6.45) is 0.802. The van der Waals surface area contributed by atoms with Crippen LogP contribution in [0.4, 0.5) is 0 Å². The number of amides is 2. The Bertz CT molecular complexity index is 585. The van der Waals surface area contributed by atoms with Crippen molar-refractivity contribution in [2.75, 3.05) is 6.54 Å². The molecule has 0 saturated carbocycles. The molecule has 2 amide bonds. The van der Waals surface area contributed by atoms with Gasteiger partial charge in [-0.05, 0) is 17.5 Å². The average molecular weight is 310 g/mol. The van der Waals surface area contributed by atoms with Crippen molar-refractivity contribution < 1.29 is 9.59 Å². The fraction of sp³-hybridized carbons (Fsp3) is 0.263. The lowest BCUT2D eigenvalue weighted by atomic mass is 10.1. The van der Waals surface area contributed by atoms with Gasteiger partial charge >= 0.3 is 11.8 Å². The summed E-state index contributed by atoms with van der Waals surface area (Å²) in [7, 11) is 0. The maximum atomic E-state index is 12.5. The smallest absolute Gasteiger partial charge is 0.312 e. The van der Waals surface area contributed by atoms with Crippen molar-refractivity contribution >= 4 is 11.8 Å². The van der Waals surface area contributed by atoms with Gasteiger partial charge in [0.15, 0.2) is 0 Å². The standard InChI is InChI=1S/C19H22N2O2/c1-2-13-20-18(22)19(23)21(14-16-9-5-3-6-10-16)15-17-11-7-4-8-12-17/h3-12H,2,13-15H2,1H3,(H,20,22). The van der Waals surface area contributed by atoms with Crippen molar-refractivity contribution in [3.05, 3.63) is 71.8 Å². The third kappa shape index (κ3) is 5.25. The Morgan fingerprint density at radius 1 is 0.870 bits per heavy atom. The van der Waals surface area contributed by atoms with Crippen LogP contribution in [-0.4, -0.2) is 23.3 Å². The van der Waals surface area contributed by atoms with Crippen LogP contribution in [0.25, 0.3) is 0 Å². The molecule has 0 unspecified atom stereocenters. The van der Waals surface area contributed by atoms with Crippen LogP contribution in [0.2, 0.25) is 0 Å². The molecule has 2 aromatic rings. The Morgan fingerprint density at radius 3 is 1.78 bits per heavy atom. The zero-order valence-corrected chi connectivity index (χ0v) is 13.4. The quantitative estimate of drug-likeness (QED) is 0.834. The Morgan fingerprint density at radius 2 is 1.35 bits per heavy atom. The van der Waals surface area contributed by atoms with Crippen LogP contribution in [0.1, 0.15) is 24.5 Å². The molecule has 0 aromatic heterocycles. The molecular weight excluding hydrogens is 288 g/mol. The minimum atomic E-state index is -0.543. The van der Waals surface area contributed by atoms with Crippen LogP contribution < -0.4 is 5.32 Å². The summed E-state index contributed by atoms with van der Waals surface area (Å²) >= 11 is 0. The molecule has 2 aromatic carbocycles. The van der Waals surface area contributed by atoms with E-state index in [2.05, 4.69) is 5.32 Å². The van der Waals surface area contributed by atoms with Crippen LogP contribution in [0.3, 0.4) is 0 Å². The molecule has 0 fully saturated rings. The molecule has 2 rings (SSSR count). The SMILES string of the molecule is CCCNC(=O)C(=O)N(Cc1ccccc1)Cc1ccccc1. The van der Waals surface area contributed by atoms with Crippen LogP contribution in [0, 0.1) is 0 Å². The first-order valence-electron chi connectivity index (χ1n) is 7.85. The van der Waals surface area contributed by atoms with Gasteiger partial charge in [-0.2, -0.15) is 0 Å². The summed E-state index contributed by atoms with van der Waals surface area (Å²) in [5.74, 6) is -1.04. The van der Waals surface area contributed by atoms with Crippen molar-refractivity contribution in [1.82, 2.24) is 10.2 Å². The van der Waals surface area contributed by atoms with E-state index >= 15 is 0 Å². The number of rotatable bonds is 6. The topological polar surface area (TPSA) is 49.4 Å². The van der Waals surface area contributed by atoms with Gasteiger partial charge in [0, 0.05) is 19.6 Å². The molecule has 120 valence electrons. The fourth-order valence-electron chi connectivity index (χ4n) is 2.26. The molecule has 0 spiro atoms. The highest BCUT2D eigenvalue weighted by Gasteiger charge is 2.21. The molecule has 0 aliphatic rings. The third-order valence-corrected chi connectivity index (χ3v) is 3.45. The first-order chi connectivity index (χ1) is 11.2. The Hall–Kier alpha value is -2.62. The molecule has 0 heterocycles. The van der Waals surface area contributed by atoms with E-state index in [4.69, 9.17) is 0 Å². The molecule has 0 saturated heterocycles. The molecule has 0 radical (unpaired) electrons. The number of benzene rings is 2. The summed E-state index contributed by atoms with van der Waals surface area (Å²) in [6.45, 7) is 3.29. The van der Waals surface area contributed by atoms with Gasteiger partial charge < -0.3 is 10.2 Å². The van der Waals surface area contributed by atoms with E-state index in [1.54, 1.807) is 4.90 Å². The highest BCUT2D eigenvalue weighted by molar-refractivity contribution is 6.34. The van der Waals surface area contributed by atoms with E-state index in [-0.39, 0.29) is 0 Å². The summed E-state index contributed by atoms with van der Waals surface area (Å²) in [6, 6.07) is 19.4. The van der Waals surface area contributed by atoms with E-state index < -0.39 is 11.8 Å². The molecule has 1 N–H and O–H groups in total. The Labute approximate surface area is 137 Å². The first kappa shape index (κ1) is 16.7. The van der Waals surface area contributed by atoms with Gasteiger partial charge in [-0.25, -0.2) is 0 Å². The summed E-state index contributed by atoms with van der Waals surface area (Å²) in [4.78, 5) is 26.1. The molecule has 0 aliphatic heterocycles. The summed E-state index contributed by atoms with van der Waals surface area (Å²) in [5, 5.41) is 2.65. The number of carbonyl (C=O) groups is 2. The highest BCUT2D eigenvalue weighted by Crippen LogP contribution is 2.10. The van der Waals surface area contributed by atoms with Gasteiger partial charge in [-0.1, -0.05) is 67.6 Å². The van der Waals surface area contributed by atoms with Gasteiger partial charge in [-0.15, -0.1) is 0 Å². The molecule has 4 nitrogen and oxygen atoms in total. The van der Waals surface area contributed by atoms with Gasteiger partial charge in [0.1, 0.15) is 0 Å². The third-order valence-electron chi connectivity index (χ3n) is 3.45. The lowest BCUT2D eigenvalue weighted by Crippen LogP contribution is -2.42. The zero-order chi connectivity index (χ0) is 16.5. The van der Waals surface area contributed by atoms with E-state index in [0.717, 1.165) is 17.5 Å². The molecule has 4 heteroatoms. The van der Waals surface area contributed by atoms with Crippen LogP contribution in [0.15, 0.2) is 60.7 Å². The number of nitrogens with one attached hydrogen (secondary N) is 1. The zero-order valence-electron chi connectivity index (χ0n) is 13.4. The minimum absolute atomic E-state index is 0.411. The Balaban J connectivity index is 2.13. The average Bonchev–Trinajstić information content (AvgIpc) is 2.60. The van der Waals surface area contributed by atoms with Gasteiger partial charge in [0.2, 0.25) is 0 Å². The maximum absolute atomic E-state index is 12.5. The van der Waals surface area contributed by atoms with Gasteiger partial charge in [0.25, 0.3) is 0 Å². The van der Waals surface area contributed by atoms with Crippen molar-refractivity contribution in [3.8, 4) is 0 Å². The fourth-order valence-corrected chi connectivity index (χ4v) is 2.26. The van der Waals surface area contributed by atoms with Crippen molar-refractivity contribution in [3.63, 3.8) is 0 Å². The van der Waals surface area contributed by atoms with Gasteiger partial charge in [0.05, 0.1) is 0 Å². The second-order valence-electron chi connectivity index (χ2n) is 5.39. The monoisotopic (exact) mass is 310 g/mol. The lowest BCUT2D eigenvalue weighted by Gasteiger charge is -2.22. The molecule has 0 aliphatic carbocycles. The van der Waals surface area contributed by atoms with E-state index in [0.29, 0.717) is 19.6 Å². The van der Waals surface area contributed by atoms with Crippen molar-refractivity contribution in [2.45, 2.75) is 26.4 Å². The summed E-state index contributed by atoms with van der Waals surface area (Å²) in [5.41, 5.74) is 2.00. The highest BCUT2D eigenvalue weighted by atomic mass is 16.2. The second kappa shape index (κ2) is 8.73. The number of nitrogens with zero attached hydrogens (tertiary/aromatic N) is 1. The Kier molecular flexibility index (Phi) is 6.36. The molecule has 23 heavy (non-hydrogen) atoms.